The van der Waals surface area contributed by atoms with E-state index < -0.39 is 0 Å². The summed E-state index contributed by atoms with van der Waals surface area (Å²) >= 11 is 0. The molecule has 0 unspecified atom stereocenters. The van der Waals surface area contributed by atoms with Gasteiger partial charge >= 0.3 is 0 Å². The van der Waals surface area contributed by atoms with Crippen LogP contribution in [0.1, 0.15) is 15.9 Å². The Morgan fingerprint density at radius 3 is 3.00 bits per heavy atom. The maximum atomic E-state index is 12.1. The highest BCUT2D eigenvalue weighted by Crippen LogP contribution is 2.13. The van der Waals surface area contributed by atoms with Crippen LogP contribution in [-0.2, 0) is 0 Å². The van der Waals surface area contributed by atoms with Crippen LogP contribution in [0.2, 0.25) is 0 Å². The van der Waals surface area contributed by atoms with Crippen LogP contribution >= 0.6 is 0 Å². The number of nitriles is 1. The van der Waals surface area contributed by atoms with Crippen LogP contribution in [0.3, 0.4) is 0 Å². The fourth-order valence-electron chi connectivity index (χ4n) is 1.93. The van der Waals surface area contributed by atoms with E-state index in [9.17, 15) is 4.79 Å². The van der Waals surface area contributed by atoms with Gasteiger partial charge in [0.15, 0.2) is 0 Å². The summed E-state index contributed by atoms with van der Waals surface area (Å²) in [5, 5.41) is 15.7. The smallest absolute Gasteiger partial charge is 0.255 e. The zero-order valence-corrected chi connectivity index (χ0v) is 10.4. The highest BCUT2D eigenvalue weighted by atomic mass is 16.1. The molecule has 3 aromatic rings. The van der Waals surface area contributed by atoms with Gasteiger partial charge in [0, 0.05) is 23.6 Å². The summed E-state index contributed by atoms with van der Waals surface area (Å²) in [6.07, 6.45) is 3.47. The third-order valence-electron chi connectivity index (χ3n) is 2.91. The quantitative estimate of drug-likeness (QED) is 0.771. The van der Waals surface area contributed by atoms with Gasteiger partial charge in [0.2, 0.25) is 0 Å². The fraction of sp³-hybridized carbons (Fsp3) is 0. The SMILES string of the molecule is N#Cc1cccc(C(=O)Nc2ccn3nccc3c2)c1. The molecule has 0 aliphatic rings. The van der Waals surface area contributed by atoms with E-state index in [4.69, 9.17) is 5.26 Å². The van der Waals surface area contributed by atoms with Crippen molar-refractivity contribution in [3.63, 3.8) is 0 Å². The minimum atomic E-state index is -0.244. The molecule has 0 atom stereocenters. The molecule has 0 spiro atoms. The molecular weight excluding hydrogens is 252 g/mol. The van der Waals surface area contributed by atoms with Gasteiger partial charge in [-0.25, -0.2) is 4.52 Å². The molecule has 0 radical (unpaired) electrons. The molecule has 96 valence electrons. The topological polar surface area (TPSA) is 70.2 Å². The van der Waals surface area contributed by atoms with Crippen LogP contribution in [-0.4, -0.2) is 15.5 Å². The number of nitrogens with one attached hydrogen (secondary N) is 1. The van der Waals surface area contributed by atoms with Gasteiger partial charge in [-0.15, -0.1) is 0 Å². The molecule has 0 saturated heterocycles. The average molecular weight is 262 g/mol. The van der Waals surface area contributed by atoms with Crippen LogP contribution < -0.4 is 5.32 Å². The highest BCUT2D eigenvalue weighted by molar-refractivity contribution is 6.04. The summed E-state index contributed by atoms with van der Waals surface area (Å²) in [6, 6.07) is 14.1. The van der Waals surface area contributed by atoms with E-state index in [0.29, 0.717) is 16.8 Å². The highest BCUT2D eigenvalue weighted by Gasteiger charge is 2.07. The largest absolute Gasteiger partial charge is 0.322 e. The summed E-state index contributed by atoms with van der Waals surface area (Å²) in [7, 11) is 0. The lowest BCUT2D eigenvalue weighted by Crippen LogP contribution is -2.12. The van der Waals surface area contributed by atoms with E-state index in [-0.39, 0.29) is 5.91 Å². The second-order valence-corrected chi connectivity index (χ2v) is 4.26. The molecule has 5 nitrogen and oxygen atoms in total. The van der Waals surface area contributed by atoms with Crippen LogP contribution in [0.5, 0.6) is 0 Å². The molecule has 0 aliphatic heterocycles. The van der Waals surface area contributed by atoms with Crippen LogP contribution in [0, 0.1) is 11.3 Å². The van der Waals surface area contributed by atoms with Gasteiger partial charge in [0.25, 0.3) is 5.91 Å². The average Bonchev–Trinajstić information content (AvgIpc) is 2.95. The monoisotopic (exact) mass is 262 g/mol. The summed E-state index contributed by atoms with van der Waals surface area (Å²) in [5.74, 6) is -0.244. The zero-order chi connectivity index (χ0) is 13.9. The summed E-state index contributed by atoms with van der Waals surface area (Å²) < 4.78 is 1.71. The fourth-order valence-corrected chi connectivity index (χ4v) is 1.93. The molecule has 0 fully saturated rings. The molecule has 0 bridgehead atoms. The molecule has 2 heterocycles. The Balaban J connectivity index is 1.86. The normalized spacial score (nSPS) is 10.2. The van der Waals surface area contributed by atoms with Gasteiger partial charge in [0.05, 0.1) is 17.1 Å². The van der Waals surface area contributed by atoms with Crippen molar-refractivity contribution < 1.29 is 4.79 Å². The summed E-state index contributed by atoms with van der Waals surface area (Å²) in [4.78, 5) is 12.1. The van der Waals surface area contributed by atoms with Gasteiger partial charge in [-0.1, -0.05) is 6.07 Å². The number of carbonyl (C=O) groups excluding carboxylic acids is 1. The van der Waals surface area contributed by atoms with Gasteiger partial charge in [-0.3, -0.25) is 4.79 Å². The van der Waals surface area contributed by atoms with E-state index in [1.54, 1.807) is 47.2 Å². The lowest BCUT2D eigenvalue weighted by Gasteiger charge is -2.06. The lowest BCUT2D eigenvalue weighted by atomic mass is 10.1. The van der Waals surface area contributed by atoms with Gasteiger partial charge < -0.3 is 5.32 Å². The van der Waals surface area contributed by atoms with E-state index in [0.717, 1.165) is 5.52 Å². The molecule has 1 amide bonds. The number of anilines is 1. The first-order valence-electron chi connectivity index (χ1n) is 6.01. The standard InChI is InChI=1S/C15H10N4O/c16-10-11-2-1-3-12(8-11)15(20)18-13-5-7-19-14(9-13)4-6-17-19/h1-9H,(H,18,20). The van der Waals surface area contributed by atoms with Crippen LogP contribution in [0.25, 0.3) is 5.52 Å². The first-order chi connectivity index (χ1) is 9.76. The van der Waals surface area contributed by atoms with E-state index in [1.165, 1.54) is 0 Å². The Morgan fingerprint density at radius 2 is 2.15 bits per heavy atom. The number of pyridine rings is 1. The Morgan fingerprint density at radius 1 is 1.25 bits per heavy atom. The molecule has 5 heteroatoms. The summed E-state index contributed by atoms with van der Waals surface area (Å²) in [6.45, 7) is 0. The number of hydrogen-bond donors (Lipinski definition) is 1. The number of benzene rings is 1. The minimum absolute atomic E-state index is 0.244. The predicted molar refractivity (Wildman–Crippen MR) is 74.3 cm³/mol. The van der Waals surface area contributed by atoms with E-state index >= 15 is 0 Å². The van der Waals surface area contributed by atoms with Gasteiger partial charge in [0.1, 0.15) is 0 Å². The maximum absolute atomic E-state index is 12.1. The first-order valence-corrected chi connectivity index (χ1v) is 6.01. The van der Waals surface area contributed by atoms with Crippen LogP contribution in [0.15, 0.2) is 54.9 Å². The Bertz CT molecular complexity index is 829. The van der Waals surface area contributed by atoms with Crippen LogP contribution in [0.4, 0.5) is 5.69 Å². The van der Waals surface area contributed by atoms with Crippen molar-refractivity contribution in [3.8, 4) is 6.07 Å². The number of rotatable bonds is 2. The maximum Gasteiger partial charge on any atom is 0.255 e. The second kappa shape index (κ2) is 4.86. The van der Waals surface area contributed by atoms with Crippen molar-refractivity contribution in [1.82, 2.24) is 9.61 Å². The number of carbonyl (C=O) groups is 1. The molecule has 1 N–H and O–H groups in total. The van der Waals surface area contributed by atoms with Crippen molar-refractivity contribution >= 4 is 17.1 Å². The number of aromatic nitrogens is 2. The predicted octanol–water partition coefficient (Wildman–Crippen LogP) is 2.46. The molecule has 2 aromatic heterocycles. The Labute approximate surface area is 115 Å². The van der Waals surface area contributed by atoms with E-state index in [1.807, 2.05) is 18.2 Å². The van der Waals surface area contributed by atoms with Crippen molar-refractivity contribution in [2.45, 2.75) is 0 Å². The van der Waals surface area contributed by atoms with E-state index in [2.05, 4.69) is 10.4 Å². The van der Waals surface area contributed by atoms with Crippen molar-refractivity contribution in [3.05, 3.63) is 66.0 Å². The first kappa shape index (κ1) is 11.9. The zero-order valence-electron chi connectivity index (χ0n) is 10.4. The number of hydrogen-bond acceptors (Lipinski definition) is 3. The number of nitrogens with zero attached hydrogens (tertiary/aromatic N) is 3. The van der Waals surface area contributed by atoms with Crippen molar-refractivity contribution in [1.29, 1.82) is 5.26 Å². The van der Waals surface area contributed by atoms with Gasteiger partial charge in [-0.2, -0.15) is 10.4 Å². The third kappa shape index (κ3) is 2.22. The third-order valence-corrected chi connectivity index (χ3v) is 2.91. The molecule has 20 heavy (non-hydrogen) atoms. The minimum Gasteiger partial charge on any atom is -0.322 e. The van der Waals surface area contributed by atoms with Crippen molar-refractivity contribution in [2.24, 2.45) is 0 Å². The van der Waals surface area contributed by atoms with Gasteiger partial charge in [-0.05, 0) is 36.4 Å². The second-order valence-electron chi connectivity index (χ2n) is 4.26. The number of amides is 1. The Kier molecular flexibility index (Phi) is 2.90. The van der Waals surface area contributed by atoms with Crippen molar-refractivity contribution in [2.75, 3.05) is 5.32 Å². The molecule has 0 aliphatic carbocycles. The summed E-state index contributed by atoms with van der Waals surface area (Å²) in [5.41, 5.74) is 2.50. The molecule has 3 rings (SSSR count). The lowest BCUT2D eigenvalue weighted by molar-refractivity contribution is 0.102. The molecular formula is C15H10N4O. The molecule has 0 saturated carbocycles. The Hall–Kier alpha value is -3.13. The number of fused-ring (bicyclic) bond motifs is 1. The molecule has 1 aromatic carbocycles.